The van der Waals surface area contributed by atoms with Crippen LogP contribution in [0.1, 0.15) is 31.1 Å². The van der Waals surface area contributed by atoms with Crippen molar-refractivity contribution in [2.24, 2.45) is 0 Å². The lowest BCUT2D eigenvalue weighted by Gasteiger charge is -2.27. The molecule has 1 atom stereocenters. The fourth-order valence-electron chi connectivity index (χ4n) is 3.31. The number of nitrogens with zero attached hydrogens (tertiary/aromatic N) is 2. The van der Waals surface area contributed by atoms with E-state index in [1.54, 1.807) is 35.4 Å². The molecule has 3 amide bonds. The number of hydrogen-bond acceptors (Lipinski definition) is 5. The number of hydrogen-bond donors (Lipinski definition) is 2. The van der Waals surface area contributed by atoms with E-state index >= 15 is 0 Å². The number of furan rings is 1. The lowest BCUT2D eigenvalue weighted by atomic mass is 10.1. The highest BCUT2D eigenvalue weighted by Gasteiger charge is 2.22. The van der Waals surface area contributed by atoms with Crippen LogP contribution < -0.4 is 15.5 Å². The van der Waals surface area contributed by atoms with Gasteiger partial charge in [-0.2, -0.15) is 0 Å². The minimum absolute atomic E-state index is 0.0742. The summed E-state index contributed by atoms with van der Waals surface area (Å²) in [6, 6.07) is 10.4. The molecule has 2 heterocycles. The molecule has 0 radical (unpaired) electrons. The van der Waals surface area contributed by atoms with E-state index in [4.69, 9.17) is 4.42 Å². The first-order valence-corrected chi connectivity index (χ1v) is 9.65. The fraction of sp³-hybridized carbons (Fsp3) is 0.381. The highest BCUT2D eigenvalue weighted by molar-refractivity contribution is 6.39. The standard InChI is InChI=1S/C21H26N4O4/c1-24(2)17(18-9-6-12-29-18)14-22-20(27)21(28)23-15-7-5-8-16(13-15)25-11-4-3-10-19(25)26/h5-9,12-13,17H,3-4,10-11,14H2,1-2H3,(H,22,27)(H,23,28). The molecule has 0 spiro atoms. The van der Waals surface area contributed by atoms with Gasteiger partial charge in [-0.15, -0.1) is 0 Å². The van der Waals surface area contributed by atoms with Crippen LogP contribution in [0.2, 0.25) is 0 Å². The molecule has 154 valence electrons. The molecule has 1 aromatic heterocycles. The molecule has 0 bridgehead atoms. The van der Waals surface area contributed by atoms with Gasteiger partial charge >= 0.3 is 11.8 Å². The number of piperidine rings is 1. The van der Waals surface area contributed by atoms with Crippen molar-refractivity contribution >= 4 is 29.1 Å². The smallest absolute Gasteiger partial charge is 0.313 e. The largest absolute Gasteiger partial charge is 0.468 e. The van der Waals surface area contributed by atoms with Crippen LogP contribution in [-0.4, -0.2) is 49.8 Å². The van der Waals surface area contributed by atoms with Gasteiger partial charge in [0.25, 0.3) is 0 Å². The zero-order valence-corrected chi connectivity index (χ0v) is 16.7. The first-order valence-electron chi connectivity index (χ1n) is 9.65. The van der Waals surface area contributed by atoms with Crippen molar-refractivity contribution in [2.75, 3.05) is 37.4 Å². The van der Waals surface area contributed by atoms with Crippen molar-refractivity contribution in [3.8, 4) is 0 Å². The second-order valence-electron chi connectivity index (χ2n) is 7.21. The Morgan fingerprint density at radius 2 is 2.00 bits per heavy atom. The third kappa shape index (κ3) is 5.23. The predicted molar refractivity (Wildman–Crippen MR) is 109 cm³/mol. The first-order chi connectivity index (χ1) is 14.0. The summed E-state index contributed by atoms with van der Waals surface area (Å²) < 4.78 is 5.40. The summed E-state index contributed by atoms with van der Waals surface area (Å²) in [5, 5.41) is 5.24. The first kappa shape index (κ1) is 20.6. The van der Waals surface area contributed by atoms with Crippen molar-refractivity contribution < 1.29 is 18.8 Å². The molecule has 0 saturated carbocycles. The van der Waals surface area contributed by atoms with Crippen molar-refractivity contribution in [3.63, 3.8) is 0 Å². The molecule has 8 heteroatoms. The Balaban J connectivity index is 1.59. The average Bonchev–Trinajstić information content (AvgIpc) is 3.22. The van der Waals surface area contributed by atoms with E-state index < -0.39 is 11.8 Å². The Bertz CT molecular complexity index is 863. The van der Waals surface area contributed by atoms with E-state index in [1.807, 2.05) is 31.1 Å². The molecule has 3 rings (SSSR count). The summed E-state index contributed by atoms with van der Waals surface area (Å²) in [4.78, 5) is 40.3. The Kier molecular flexibility index (Phi) is 6.66. The van der Waals surface area contributed by atoms with Crippen molar-refractivity contribution in [1.82, 2.24) is 10.2 Å². The summed E-state index contributed by atoms with van der Waals surface area (Å²) in [5.41, 5.74) is 1.19. The molecule has 1 unspecified atom stereocenters. The van der Waals surface area contributed by atoms with E-state index in [-0.39, 0.29) is 18.5 Å². The Hall–Kier alpha value is -3.13. The number of anilines is 2. The molecule has 2 aromatic rings. The molecule has 1 aliphatic rings. The van der Waals surface area contributed by atoms with Gasteiger partial charge in [-0.05, 0) is 57.3 Å². The van der Waals surface area contributed by atoms with Gasteiger partial charge in [0.15, 0.2) is 0 Å². The van der Waals surface area contributed by atoms with Gasteiger partial charge in [0, 0.05) is 30.9 Å². The third-order valence-electron chi connectivity index (χ3n) is 4.90. The Labute approximate surface area is 169 Å². The second-order valence-corrected chi connectivity index (χ2v) is 7.21. The molecule has 0 aliphatic carbocycles. The predicted octanol–water partition coefficient (Wildman–Crippen LogP) is 2.15. The Morgan fingerprint density at radius 1 is 1.17 bits per heavy atom. The topological polar surface area (TPSA) is 94.9 Å². The number of amides is 3. The van der Waals surface area contributed by atoms with Crippen molar-refractivity contribution in [3.05, 3.63) is 48.4 Å². The van der Waals surface area contributed by atoms with Crippen LogP contribution in [-0.2, 0) is 14.4 Å². The number of benzene rings is 1. The molecule has 1 aromatic carbocycles. The van der Waals surface area contributed by atoms with Gasteiger partial charge in [-0.25, -0.2) is 0 Å². The van der Waals surface area contributed by atoms with Gasteiger partial charge in [0.1, 0.15) is 5.76 Å². The molecule has 1 aliphatic heterocycles. The molecule has 1 fully saturated rings. The van der Waals surface area contributed by atoms with E-state index in [1.165, 1.54) is 0 Å². The zero-order valence-electron chi connectivity index (χ0n) is 16.7. The van der Waals surface area contributed by atoms with Crippen LogP contribution in [0.15, 0.2) is 47.1 Å². The Morgan fingerprint density at radius 3 is 2.69 bits per heavy atom. The molecule has 8 nitrogen and oxygen atoms in total. The lowest BCUT2D eigenvalue weighted by molar-refractivity contribution is -0.136. The zero-order chi connectivity index (χ0) is 20.8. The summed E-state index contributed by atoms with van der Waals surface area (Å²) in [6.07, 6.45) is 3.95. The molecule has 2 N–H and O–H groups in total. The van der Waals surface area contributed by atoms with E-state index in [0.717, 1.165) is 18.5 Å². The maximum absolute atomic E-state index is 12.3. The molecule has 29 heavy (non-hydrogen) atoms. The summed E-state index contributed by atoms with van der Waals surface area (Å²) >= 11 is 0. The van der Waals surface area contributed by atoms with Gasteiger partial charge in [-0.1, -0.05) is 6.07 Å². The van der Waals surface area contributed by atoms with Gasteiger partial charge in [0.05, 0.1) is 12.3 Å². The van der Waals surface area contributed by atoms with Gasteiger partial charge in [-0.3, -0.25) is 19.3 Å². The van der Waals surface area contributed by atoms with Gasteiger partial charge < -0.3 is 20.0 Å². The quantitative estimate of drug-likeness (QED) is 0.727. The molecular formula is C21H26N4O4. The third-order valence-corrected chi connectivity index (χ3v) is 4.90. The second kappa shape index (κ2) is 9.38. The maximum Gasteiger partial charge on any atom is 0.313 e. The SMILES string of the molecule is CN(C)C(CNC(=O)C(=O)Nc1cccc(N2CCCCC2=O)c1)c1ccco1. The van der Waals surface area contributed by atoms with E-state index in [9.17, 15) is 14.4 Å². The van der Waals surface area contributed by atoms with E-state index in [0.29, 0.717) is 24.4 Å². The summed E-state index contributed by atoms with van der Waals surface area (Å²) in [7, 11) is 3.74. The van der Waals surface area contributed by atoms with Crippen molar-refractivity contribution in [2.45, 2.75) is 25.3 Å². The average molecular weight is 398 g/mol. The molecule has 1 saturated heterocycles. The maximum atomic E-state index is 12.3. The lowest BCUT2D eigenvalue weighted by Crippen LogP contribution is -2.40. The molecular weight excluding hydrogens is 372 g/mol. The minimum Gasteiger partial charge on any atom is -0.468 e. The van der Waals surface area contributed by atoms with Crippen LogP contribution in [0.5, 0.6) is 0 Å². The fourth-order valence-corrected chi connectivity index (χ4v) is 3.31. The summed E-state index contributed by atoms with van der Waals surface area (Å²) in [5.74, 6) is -0.716. The normalized spacial score (nSPS) is 15.3. The van der Waals surface area contributed by atoms with Crippen molar-refractivity contribution in [1.29, 1.82) is 0 Å². The van der Waals surface area contributed by atoms with E-state index in [2.05, 4.69) is 10.6 Å². The van der Waals surface area contributed by atoms with Crippen LogP contribution in [0, 0.1) is 0 Å². The minimum atomic E-state index is -0.760. The monoisotopic (exact) mass is 398 g/mol. The number of carbonyl (C=O) groups excluding carboxylic acids is 3. The van der Waals surface area contributed by atoms with Crippen LogP contribution in [0.4, 0.5) is 11.4 Å². The number of rotatable bonds is 6. The number of likely N-dealkylation sites (N-methyl/N-ethyl adjacent to an activating group) is 1. The highest BCUT2D eigenvalue weighted by Crippen LogP contribution is 2.24. The summed E-state index contributed by atoms with van der Waals surface area (Å²) in [6.45, 7) is 0.893. The van der Waals surface area contributed by atoms with Gasteiger partial charge in [0.2, 0.25) is 5.91 Å². The van der Waals surface area contributed by atoms with Crippen LogP contribution >= 0.6 is 0 Å². The van der Waals surface area contributed by atoms with Crippen LogP contribution in [0.3, 0.4) is 0 Å². The number of carbonyl (C=O) groups is 3. The number of nitrogens with one attached hydrogen (secondary N) is 2. The van der Waals surface area contributed by atoms with Crippen LogP contribution in [0.25, 0.3) is 0 Å². The highest BCUT2D eigenvalue weighted by atomic mass is 16.3.